The van der Waals surface area contributed by atoms with E-state index in [0.29, 0.717) is 34.9 Å². The highest BCUT2D eigenvalue weighted by atomic mass is 32.2. The molecule has 0 atom stereocenters. The average Bonchev–Trinajstić information content (AvgIpc) is 3.36. The number of carbonyl (C=O) groups excluding carboxylic acids is 1. The Balaban J connectivity index is 1.49. The monoisotopic (exact) mass is 477 g/mol. The molecule has 3 aromatic rings. The molecule has 176 valence electrons. The van der Waals surface area contributed by atoms with Crippen molar-refractivity contribution in [3.63, 3.8) is 0 Å². The van der Waals surface area contributed by atoms with Gasteiger partial charge in [0.2, 0.25) is 0 Å². The number of hydrogen-bond acceptors (Lipinski definition) is 6. The number of hydrogen-bond donors (Lipinski definition) is 0. The lowest BCUT2D eigenvalue weighted by Gasteiger charge is -2.38. The summed E-state index contributed by atoms with van der Waals surface area (Å²) >= 11 is 0. The predicted molar refractivity (Wildman–Crippen MR) is 128 cm³/mol. The lowest BCUT2D eigenvalue weighted by Crippen LogP contribution is -2.47. The number of nitrogens with zero attached hydrogens (tertiary/aromatic N) is 3. The van der Waals surface area contributed by atoms with Crippen molar-refractivity contribution >= 4 is 15.7 Å². The van der Waals surface area contributed by atoms with Crippen molar-refractivity contribution in [2.24, 2.45) is 0 Å². The number of piperidine rings is 1. The van der Waals surface area contributed by atoms with Crippen LogP contribution in [-0.2, 0) is 22.9 Å². The van der Waals surface area contributed by atoms with Gasteiger partial charge in [0.05, 0.1) is 29.3 Å². The molecule has 0 spiro atoms. The van der Waals surface area contributed by atoms with Gasteiger partial charge in [0.1, 0.15) is 5.76 Å². The Morgan fingerprint density at radius 3 is 2.56 bits per heavy atom. The molecule has 8 heteroatoms. The third-order valence-corrected chi connectivity index (χ3v) is 7.37. The molecule has 0 bridgehead atoms. The third kappa shape index (κ3) is 5.56. The van der Waals surface area contributed by atoms with Crippen molar-refractivity contribution in [3.8, 4) is 6.07 Å². The molecule has 0 N–H and O–H groups in total. The number of furan rings is 1. The van der Waals surface area contributed by atoms with Crippen molar-refractivity contribution in [2.45, 2.75) is 36.9 Å². The first-order chi connectivity index (χ1) is 16.3. The van der Waals surface area contributed by atoms with Gasteiger partial charge >= 0.3 is 0 Å². The largest absolute Gasteiger partial charge is 0.467 e. The molecule has 1 aromatic heterocycles. The summed E-state index contributed by atoms with van der Waals surface area (Å²) in [6.45, 7) is 2.38. The maximum Gasteiger partial charge on any atom is 0.254 e. The van der Waals surface area contributed by atoms with Crippen LogP contribution < -0.4 is 0 Å². The van der Waals surface area contributed by atoms with Crippen LogP contribution >= 0.6 is 0 Å². The zero-order chi connectivity index (χ0) is 24.1. The molecule has 1 aliphatic rings. The minimum Gasteiger partial charge on any atom is -0.467 e. The van der Waals surface area contributed by atoms with Crippen LogP contribution in [-0.4, -0.2) is 49.5 Å². The quantitative estimate of drug-likeness (QED) is 0.513. The molecule has 1 saturated heterocycles. The molecule has 0 unspecified atom stereocenters. The number of sulfone groups is 1. The second-order valence-corrected chi connectivity index (χ2v) is 10.6. The van der Waals surface area contributed by atoms with Gasteiger partial charge in [-0.05, 0) is 54.8 Å². The first-order valence-corrected chi connectivity index (χ1v) is 13.1. The fourth-order valence-electron chi connectivity index (χ4n) is 4.45. The van der Waals surface area contributed by atoms with E-state index in [2.05, 4.69) is 11.0 Å². The normalized spacial score (nSPS) is 15.1. The molecule has 0 saturated carbocycles. The molecule has 1 aliphatic heterocycles. The second kappa shape index (κ2) is 10.2. The van der Waals surface area contributed by atoms with Crippen LogP contribution in [0.2, 0.25) is 0 Å². The van der Waals surface area contributed by atoms with E-state index in [9.17, 15) is 18.5 Å². The van der Waals surface area contributed by atoms with E-state index in [1.807, 2.05) is 23.1 Å². The van der Waals surface area contributed by atoms with E-state index in [1.54, 1.807) is 48.7 Å². The smallest absolute Gasteiger partial charge is 0.254 e. The number of benzene rings is 2. The van der Waals surface area contributed by atoms with Crippen LogP contribution in [0.5, 0.6) is 0 Å². The molecular formula is C26H27N3O4S. The number of rotatable bonds is 7. The highest BCUT2D eigenvalue weighted by Gasteiger charge is 2.30. The SMILES string of the molecule is CS(=O)(=O)c1ccccc1CN1CCC(N(Cc2ccco2)C(=O)c2cccc(C#N)c2)CC1. The highest BCUT2D eigenvalue weighted by molar-refractivity contribution is 7.90. The molecule has 0 radical (unpaired) electrons. The summed E-state index contributed by atoms with van der Waals surface area (Å²) in [7, 11) is -3.30. The molecule has 1 amide bonds. The summed E-state index contributed by atoms with van der Waals surface area (Å²) in [4.78, 5) is 17.9. The second-order valence-electron chi connectivity index (χ2n) is 8.59. The van der Waals surface area contributed by atoms with E-state index in [4.69, 9.17) is 4.42 Å². The minimum atomic E-state index is -3.30. The standard InChI is InChI=1S/C26H27N3O4S/c1-34(31,32)25-10-3-2-7-22(25)18-28-13-11-23(12-14-28)29(19-24-9-5-15-33-24)26(30)21-8-4-6-20(16-21)17-27/h2-10,15-16,23H,11-14,18-19H2,1H3. The number of amides is 1. The van der Waals surface area contributed by atoms with Crippen molar-refractivity contribution in [2.75, 3.05) is 19.3 Å². The van der Waals surface area contributed by atoms with Gasteiger partial charge in [-0.15, -0.1) is 0 Å². The van der Waals surface area contributed by atoms with Gasteiger partial charge in [-0.2, -0.15) is 5.26 Å². The van der Waals surface area contributed by atoms with Crippen LogP contribution in [0.25, 0.3) is 0 Å². The maximum atomic E-state index is 13.5. The zero-order valence-electron chi connectivity index (χ0n) is 19.1. The predicted octanol–water partition coefficient (Wildman–Crippen LogP) is 3.86. The molecule has 34 heavy (non-hydrogen) atoms. The molecule has 0 aliphatic carbocycles. The summed E-state index contributed by atoms with van der Waals surface area (Å²) < 4.78 is 29.8. The number of nitriles is 1. The fourth-order valence-corrected chi connectivity index (χ4v) is 5.39. The summed E-state index contributed by atoms with van der Waals surface area (Å²) in [6, 6.07) is 19.6. The van der Waals surface area contributed by atoms with Gasteiger partial charge in [-0.1, -0.05) is 24.3 Å². The lowest BCUT2D eigenvalue weighted by molar-refractivity contribution is 0.0522. The van der Waals surface area contributed by atoms with Gasteiger partial charge in [0.25, 0.3) is 5.91 Å². The maximum absolute atomic E-state index is 13.5. The van der Waals surface area contributed by atoms with E-state index < -0.39 is 9.84 Å². The van der Waals surface area contributed by atoms with E-state index in [1.165, 1.54) is 6.26 Å². The van der Waals surface area contributed by atoms with E-state index >= 15 is 0 Å². The van der Waals surface area contributed by atoms with Gasteiger partial charge in [-0.25, -0.2) is 8.42 Å². The number of likely N-dealkylation sites (tertiary alicyclic amines) is 1. The highest BCUT2D eigenvalue weighted by Crippen LogP contribution is 2.25. The summed E-state index contributed by atoms with van der Waals surface area (Å²) in [6.07, 6.45) is 4.34. The van der Waals surface area contributed by atoms with Crippen molar-refractivity contribution in [1.82, 2.24) is 9.80 Å². The molecular weight excluding hydrogens is 450 g/mol. The Labute approximate surface area is 200 Å². The first-order valence-electron chi connectivity index (χ1n) is 11.2. The zero-order valence-corrected chi connectivity index (χ0v) is 19.9. The van der Waals surface area contributed by atoms with Crippen LogP contribution in [0, 0.1) is 11.3 Å². The van der Waals surface area contributed by atoms with E-state index in [0.717, 1.165) is 31.5 Å². The van der Waals surface area contributed by atoms with Gasteiger partial charge in [0.15, 0.2) is 9.84 Å². The van der Waals surface area contributed by atoms with Gasteiger partial charge in [0, 0.05) is 37.5 Å². The van der Waals surface area contributed by atoms with Crippen molar-refractivity contribution in [3.05, 3.63) is 89.4 Å². The Hall–Kier alpha value is -3.41. The summed E-state index contributed by atoms with van der Waals surface area (Å²) in [5, 5.41) is 9.23. The number of carbonyl (C=O) groups is 1. The first kappa shape index (κ1) is 23.7. The van der Waals surface area contributed by atoms with Crippen LogP contribution in [0.4, 0.5) is 0 Å². The molecule has 4 rings (SSSR count). The Morgan fingerprint density at radius 2 is 1.88 bits per heavy atom. The minimum absolute atomic E-state index is 0.00439. The molecule has 1 fully saturated rings. The lowest BCUT2D eigenvalue weighted by atomic mass is 10.0. The topological polar surface area (TPSA) is 94.6 Å². The third-order valence-electron chi connectivity index (χ3n) is 6.17. The molecule has 2 aromatic carbocycles. The average molecular weight is 478 g/mol. The van der Waals surface area contributed by atoms with Crippen molar-refractivity contribution < 1.29 is 17.6 Å². The summed E-state index contributed by atoms with van der Waals surface area (Å²) in [5.41, 5.74) is 1.72. The van der Waals surface area contributed by atoms with Crippen LogP contribution in [0.15, 0.2) is 76.2 Å². The Bertz CT molecular complexity index is 1290. The summed E-state index contributed by atoms with van der Waals surface area (Å²) in [5.74, 6) is 0.573. The van der Waals surface area contributed by atoms with Gasteiger partial charge in [-0.3, -0.25) is 9.69 Å². The Kier molecular flexibility index (Phi) is 7.15. The molecule has 7 nitrogen and oxygen atoms in total. The van der Waals surface area contributed by atoms with Crippen LogP contribution in [0.1, 0.15) is 40.1 Å². The fraction of sp³-hybridized carbons (Fsp3) is 0.308. The molecule has 2 heterocycles. The van der Waals surface area contributed by atoms with E-state index in [-0.39, 0.29) is 11.9 Å². The van der Waals surface area contributed by atoms with Crippen LogP contribution in [0.3, 0.4) is 0 Å². The Morgan fingerprint density at radius 1 is 1.12 bits per heavy atom. The van der Waals surface area contributed by atoms with Gasteiger partial charge < -0.3 is 9.32 Å². The van der Waals surface area contributed by atoms with Crippen molar-refractivity contribution in [1.29, 1.82) is 5.26 Å².